The highest BCUT2D eigenvalue weighted by Gasteiger charge is 2.22. The van der Waals surface area contributed by atoms with E-state index in [1.807, 2.05) is 24.3 Å². The molecule has 0 unspecified atom stereocenters. The number of aromatic nitrogens is 1. The van der Waals surface area contributed by atoms with Crippen LogP contribution in [0.1, 0.15) is 10.6 Å². The van der Waals surface area contributed by atoms with Crippen LogP contribution >= 0.6 is 11.3 Å². The molecule has 2 aromatic carbocycles. The van der Waals surface area contributed by atoms with E-state index in [9.17, 15) is 0 Å². The van der Waals surface area contributed by atoms with E-state index in [0.29, 0.717) is 0 Å². The van der Waals surface area contributed by atoms with Crippen molar-refractivity contribution in [2.45, 2.75) is 6.92 Å². The van der Waals surface area contributed by atoms with Gasteiger partial charge in [0.2, 0.25) is 5.52 Å². The zero-order chi connectivity index (χ0) is 14.3. The van der Waals surface area contributed by atoms with Gasteiger partial charge >= 0.3 is 0 Å². The van der Waals surface area contributed by atoms with Gasteiger partial charge in [0.25, 0.3) is 5.01 Å². The average Bonchev–Trinajstić information content (AvgIpc) is 2.77. The molecule has 108 valence electrons. The summed E-state index contributed by atoms with van der Waals surface area (Å²) in [7, 11) is 2.07. The van der Waals surface area contributed by atoms with E-state index in [1.54, 1.807) is 11.3 Å². The van der Waals surface area contributed by atoms with Gasteiger partial charge in [-0.2, -0.15) is 4.57 Å². The topological polar surface area (TPSA) is 29.9 Å². The maximum absolute atomic E-state index is 6.37. The van der Waals surface area contributed by atoms with E-state index in [1.165, 1.54) is 10.2 Å². The Morgan fingerprint density at radius 3 is 2.52 bits per heavy atom. The molecule has 0 saturated carbocycles. The third kappa shape index (κ3) is 2.58. The van der Waals surface area contributed by atoms with Crippen molar-refractivity contribution in [3.63, 3.8) is 0 Å². The van der Waals surface area contributed by atoms with Crippen LogP contribution in [0.5, 0.6) is 0 Å². The third-order valence-electron chi connectivity index (χ3n) is 3.63. The Kier molecular flexibility index (Phi) is 4.68. The van der Waals surface area contributed by atoms with E-state index >= 15 is 0 Å². The summed E-state index contributed by atoms with van der Waals surface area (Å²) in [4.78, 5) is 0. The van der Waals surface area contributed by atoms with Crippen molar-refractivity contribution >= 4 is 33.3 Å². The fourth-order valence-electron chi connectivity index (χ4n) is 2.57. The standard InChI is InChI=1S/C17H17N2S.HI/c1-4-14-19(3)17-13(20-14)10-11(2)16(18)15(17)12-8-6-5-7-9-12;/h4-10H,1,18H2,2-3H3;1H/q+1;/p-1. The number of nitrogen functional groups attached to an aromatic ring is 1. The number of anilines is 1. The first kappa shape index (κ1) is 16.0. The molecule has 1 heterocycles. The lowest BCUT2D eigenvalue weighted by molar-refractivity contribution is -0.641. The van der Waals surface area contributed by atoms with Crippen LogP contribution in [0.15, 0.2) is 43.0 Å². The Morgan fingerprint density at radius 2 is 1.90 bits per heavy atom. The smallest absolute Gasteiger partial charge is 0.261 e. The zero-order valence-corrected chi connectivity index (χ0v) is 15.0. The minimum Gasteiger partial charge on any atom is -1.00 e. The summed E-state index contributed by atoms with van der Waals surface area (Å²) < 4.78 is 3.42. The minimum atomic E-state index is 0. The molecule has 2 nitrogen and oxygen atoms in total. The van der Waals surface area contributed by atoms with Crippen LogP contribution in [0.3, 0.4) is 0 Å². The van der Waals surface area contributed by atoms with Crippen LogP contribution in [-0.4, -0.2) is 0 Å². The molecule has 0 aliphatic heterocycles. The van der Waals surface area contributed by atoms with Gasteiger partial charge in [0.15, 0.2) is 0 Å². The van der Waals surface area contributed by atoms with Crippen LogP contribution < -0.4 is 34.3 Å². The van der Waals surface area contributed by atoms with Gasteiger partial charge in [-0.15, -0.1) is 0 Å². The predicted molar refractivity (Wildman–Crippen MR) is 87.7 cm³/mol. The summed E-state index contributed by atoms with van der Waals surface area (Å²) in [6, 6.07) is 12.5. The van der Waals surface area contributed by atoms with Gasteiger partial charge in [-0.1, -0.05) is 48.2 Å². The average molecular weight is 408 g/mol. The number of nitrogens with two attached hydrogens (primary N) is 1. The van der Waals surface area contributed by atoms with Gasteiger partial charge in [0, 0.05) is 11.8 Å². The monoisotopic (exact) mass is 408 g/mol. The molecule has 0 radical (unpaired) electrons. The maximum atomic E-state index is 6.37. The second kappa shape index (κ2) is 6.15. The van der Waals surface area contributed by atoms with Crippen LogP contribution in [0.2, 0.25) is 0 Å². The molecular formula is C17H17IN2S. The van der Waals surface area contributed by atoms with Crippen molar-refractivity contribution in [2.24, 2.45) is 7.05 Å². The van der Waals surface area contributed by atoms with Crippen molar-refractivity contribution in [1.29, 1.82) is 0 Å². The number of rotatable bonds is 2. The highest BCUT2D eigenvalue weighted by molar-refractivity contribution is 7.19. The molecule has 3 rings (SSSR count). The Hall–Kier alpha value is -1.40. The second-order valence-electron chi connectivity index (χ2n) is 4.90. The lowest BCUT2D eigenvalue weighted by Gasteiger charge is -2.08. The second-order valence-corrected chi connectivity index (χ2v) is 5.96. The SMILES string of the molecule is C=Cc1sc2cc(C)c(N)c(-c3ccccc3)c2[n+]1C.[I-]. The zero-order valence-electron chi connectivity index (χ0n) is 12.1. The number of hydrogen-bond acceptors (Lipinski definition) is 2. The molecule has 0 atom stereocenters. The molecule has 3 aromatic rings. The molecule has 2 N–H and O–H groups in total. The molecular weight excluding hydrogens is 391 g/mol. The quantitative estimate of drug-likeness (QED) is 0.382. The number of thiazole rings is 1. The molecule has 21 heavy (non-hydrogen) atoms. The molecule has 0 bridgehead atoms. The first-order valence-electron chi connectivity index (χ1n) is 6.53. The van der Waals surface area contributed by atoms with Gasteiger partial charge in [0.1, 0.15) is 11.7 Å². The summed E-state index contributed by atoms with van der Waals surface area (Å²) in [5, 5.41) is 1.14. The number of benzene rings is 2. The van der Waals surface area contributed by atoms with Crippen molar-refractivity contribution < 1.29 is 28.5 Å². The largest absolute Gasteiger partial charge is 1.00 e. The van der Waals surface area contributed by atoms with Crippen molar-refractivity contribution in [2.75, 3.05) is 5.73 Å². The fourth-order valence-corrected chi connectivity index (χ4v) is 3.68. The maximum Gasteiger partial charge on any atom is 0.261 e. The van der Waals surface area contributed by atoms with E-state index in [2.05, 4.69) is 43.3 Å². The lowest BCUT2D eigenvalue weighted by atomic mass is 9.99. The molecule has 4 heteroatoms. The highest BCUT2D eigenvalue weighted by Crippen LogP contribution is 2.37. The van der Waals surface area contributed by atoms with E-state index in [4.69, 9.17) is 5.73 Å². The first-order valence-corrected chi connectivity index (χ1v) is 7.34. The summed E-state index contributed by atoms with van der Waals surface area (Å²) >= 11 is 1.74. The van der Waals surface area contributed by atoms with E-state index in [-0.39, 0.29) is 24.0 Å². The van der Waals surface area contributed by atoms with E-state index < -0.39 is 0 Å². The third-order valence-corrected chi connectivity index (χ3v) is 4.81. The van der Waals surface area contributed by atoms with Gasteiger partial charge < -0.3 is 29.7 Å². The first-order chi connectivity index (χ1) is 9.63. The van der Waals surface area contributed by atoms with Crippen molar-refractivity contribution in [3.05, 3.63) is 53.5 Å². The summed E-state index contributed by atoms with van der Waals surface area (Å²) in [6.07, 6.45) is 1.89. The molecule has 1 aromatic heterocycles. The predicted octanol–water partition coefficient (Wildman–Crippen LogP) is 0.930. The van der Waals surface area contributed by atoms with E-state index in [0.717, 1.165) is 27.4 Å². The Labute approximate surface area is 145 Å². The van der Waals surface area contributed by atoms with Gasteiger partial charge in [-0.25, -0.2) is 0 Å². The van der Waals surface area contributed by atoms with Gasteiger partial charge in [0.05, 0.1) is 5.56 Å². The number of fused-ring (bicyclic) bond motifs is 1. The van der Waals surface area contributed by atoms with Crippen LogP contribution in [-0.2, 0) is 7.05 Å². The lowest BCUT2D eigenvalue weighted by Crippen LogP contribution is -3.00. The number of aryl methyl sites for hydroxylation is 2. The Morgan fingerprint density at radius 1 is 1.24 bits per heavy atom. The van der Waals surface area contributed by atoms with Crippen LogP contribution in [0.25, 0.3) is 27.4 Å². The normalized spacial score (nSPS) is 10.4. The van der Waals surface area contributed by atoms with Crippen LogP contribution in [0.4, 0.5) is 5.69 Å². The highest BCUT2D eigenvalue weighted by atomic mass is 127. The summed E-state index contributed by atoms with van der Waals surface area (Å²) in [5.41, 5.74) is 11.8. The molecule has 0 saturated heterocycles. The van der Waals surface area contributed by atoms with Crippen molar-refractivity contribution in [3.8, 4) is 11.1 Å². The summed E-state index contributed by atoms with van der Waals surface area (Å²) in [6.45, 7) is 5.96. The van der Waals surface area contributed by atoms with Gasteiger partial charge in [-0.3, -0.25) is 0 Å². The van der Waals surface area contributed by atoms with Crippen molar-refractivity contribution in [1.82, 2.24) is 0 Å². The number of hydrogen-bond donors (Lipinski definition) is 1. The Balaban J connectivity index is 0.00000161. The number of halogens is 1. The fraction of sp³-hybridized carbons (Fsp3) is 0.118. The number of nitrogens with zero attached hydrogens (tertiary/aromatic N) is 1. The molecule has 0 aliphatic carbocycles. The molecule has 0 amide bonds. The Bertz CT molecular complexity index is 807. The minimum absolute atomic E-state index is 0. The summed E-state index contributed by atoms with van der Waals surface area (Å²) in [5.74, 6) is 0. The van der Waals surface area contributed by atoms with Gasteiger partial charge in [-0.05, 0) is 24.1 Å². The molecule has 0 aliphatic rings. The van der Waals surface area contributed by atoms with Crippen LogP contribution in [0, 0.1) is 6.92 Å². The molecule has 0 spiro atoms. The molecule has 0 fully saturated rings.